The Kier molecular flexibility index (Phi) is 12.1. The third-order valence-corrected chi connectivity index (χ3v) is 5.64. The molecule has 174 valence electrons. The molecule has 7 heteroatoms. The third-order valence-electron chi connectivity index (χ3n) is 5.64. The van der Waals surface area contributed by atoms with Crippen LogP contribution in [0.5, 0.6) is 0 Å². The highest BCUT2D eigenvalue weighted by Gasteiger charge is 2.14. The van der Waals surface area contributed by atoms with E-state index in [0.29, 0.717) is 6.54 Å². The fraction of sp³-hybridized carbons (Fsp3) is 0.583. The fourth-order valence-electron chi connectivity index (χ4n) is 3.65. The first kappa shape index (κ1) is 27.4. The lowest BCUT2D eigenvalue weighted by atomic mass is 10.1. The van der Waals surface area contributed by atoms with Gasteiger partial charge in [-0.3, -0.25) is 9.58 Å². The van der Waals surface area contributed by atoms with Gasteiger partial charge in [0.25, 0.3) is 0 Å². The van der Waals surface area contributed by atoms with Gasteiger partial charge in [0, 0.05) is 31.9 Å². The number of nitrogens with zero attached hydrogens (tertiary/aromatic N) is 4. The van der Waals surface area contributed by atoms with Crippen molar-refractivity contribution >= 4 is 29.9 Å². The summed E-state index contributed by atoms with van der Waals surface area (Å²) >= 11 is 0. The number of aryl methyl sites for hydroxylation is 2. The Morgan fingerprint density at radius 1 is 1.10 bits per heavy atom. The van der Waals surface area contributed by atoms with Crippen LogP contribution in [0.1, 0.15) is 55.8 Å². The van der Waals surface area contributed by atoms with Crippen molar-refractivity contribution in [2.75, 3.05) is 19.6 Å². The molecule has 0 amide bonds. The molecule has 1 aromatic carbocycles. The first-order valence-electron chi connectivity index (χ1n) is 11.2. The van der Waals surface area contributed by atoms with Gasteiger partial charge in [0.05, 0.1) is 12.2 Å². The predicted molar refractivity (Wildman–Crippen MR) is 142 cm³/mol. The molecule has 1 atom stereocenters. The molecule has 1 unspecified atom stereocenters. The van der Waals surface area contributed by atoms with Gasteiger partial charge in [0.15, 0.2) is 5.96 Å². The second kappa shape index (κ2) is 13.7. The first-order chi connectivity index (χ1) is 14.4. The Balaban J connectivity index is 0.00000480. The molecule has 0 aliphatic rings. The number of rotatable bonds is 10. The van der Waals surface area contributed by atoms with Crippen LogP contribution < -0.4 is 10.6 Å². The van der Waals surface area contributed by atoms with Crippen molar-refractivity contribution in [3.8, 4) is 0 Å². The van der Waals surface area contributed by atoms with E-state index in [2.05, 4.69) is 86.4 Å². The highest BCUT2D eigenvalue weighted by Crippen LogP contribution is 2.14. The number of benzene rings is 1. The number of nitrogens with one attached hydrogen (secondary N) is 2. The summed E-state index contributed by atoms with van der Waals surface area (Å²) in [7, 11) is 2.00. The summed E-state index contributed by atoms with van der Waals surface area (Å²) in [5.41, 5.74) is 6.23. The topological polar surface area (TPSA) is 57.5 Å². The van der Waals surface area contributed by atoms with Crippen molar-refractivity contribution in [1.29, 1.82) is 0 Å². The molecule has 2 rings (SSSR count). The number of hydrogen-bond donors (Lipinski definition) is 2. The Bertz CT molecular complexity index is 808. The lowest BCUT2D eigenvalue weighted by Gasteiger charge is -2.19. The zero-order valence-corrected chi connectivity index (χ0v) is 22.7. The van der Waals surface area contributed by atoms with Crippen LogP contribution in [0.15, 0.2) is 29.3 Å². The van der Waals surface area contributed by atoms with Gasteiger partial charge in [-0.15, -0.1) is 24.0 Å². The van der Waals surface area contributed by atoms with Crippen molar-refractivity contribution in [3.05, 3.63) is 52.3 Å². The van der Waals surface area contributed by atoms with Crippen LogP contribution in [0.4, 0.5) is 0 Å². The third kappa shape index (κ3) is 8.44. The lowest BCUT2D eigenvalue weighted by Crippen LogP contribution is -2.43. The number of halogens is 1. The maximum atomic E-state index is 4.80. The number of guanidine groups is 1. The van der Waals surface area contributed by atoms with Crippen molar-refractivity contribution < 1.29 is 0 Å². The van der Waals surface area contributed by atoms with Crippen LogP contribution in [0.3, 0.4) is 0 Å². The van der Waals surface area contributed by atoms with E-state index < -0.39 is 0 Å². The van der Waals surface area contributed by atoms with Crippen LogP contribution in [0.2, 0.25) is 0 Å². The normalized spacial score (nSPS) is 12.6. The Labute approximate surface area is 205 Å². The monoisotopic (exact) mass is 540 g/mol. The van der Waals surface area contributed by atoms with Gasteiger partial charge >= 0.3 is 0 Å². The number of hydrogen-bond acceptors (Lipinski definition) is 3. The van der Waals surface area contributed by atoms with E-state index in [4.69, 9.17) is 4.99 Å². The predicted octanol–water partition coefficient (Wildman–Crippen LogP) is 4.18. The molecule has 2 aromatic rings. The molecule has 0 fully saturated rings. The summed E-state index contributed by atoms with van der Waals surface area (Å²) in [6.07, 6.45) is 0.927. The van der Waals surface area contributed by atoms with Crippen LogP contribution >= 0.6 is 24.0 Å². The smallest absolute Gasteiger partial charge is 0.191 e. The summed E-state index contributed by atoms with van der Waals surface area (Å²) in [6, 6.07) is 9.09. The molecule has 0 radical (unpaired) electrons. The number of aromatic nitrogens is 2. The van der Waals surface area contributed by atoms with E-state index in [1.807, 2.05) is 11.7 Å². The summed E-state index contributed by atoms with van der Waals surface area (Å²) in [5, 5.41) is 11.4. The first-order valence-corrected chi connectivity index (χ1v) is 11.2. The fourth-order valence-corrected chi connectivity index (χ4v) is 3.65. The molecule has 1 aromatic heterocycles. The quantitative estimate of drug-likeness (QED) is 0.270. The van der Waals surface area contributed by atoms with Gasteiger partial charge in [-0.2, -0.15) is 5.10 Å². The van der Waals surface area contributed by atoms with Gasteiger partial charge in [-0.05, 0) is 63.9 Å². The molecule has 0 aliphatic carbocycles. The minimum absolute atomic E-state index is 0. The van der Waals surface area contributed by atoms with Crippen molar-refractivity contribution in [2.45, 2.75) is 67.1 Å². The number of aliphatic imine (C=N–C) groups is 1. The molecule has 31 heavy (non-hydrogen) atoms. The molecule has 0 bridgehead atoms. The molecule has 6 nitrogen and oxygen atoms in total. The maximum Gasteiger partial charge on any atom is 0.191 e. The van der Waals surface area contributed by atoms with Gasteiger partial charge < -0.3 is 10.6 Å². The van der Waals surface area contributed by atoms with Crippen molar-refractivity contribution in [3.63, 3.8) is 0 Å². The Hall–Kier alpha value is -1.61. The maximum absolute atomic E-state index is 4.80. The van der Waals surface area contributed by atoms with Crippen LogP contribution in [-0.2, 0) is 26.6 Å². The van der Waals surface area contributed by atoms with Crippen molar-refractivity contribution in [2.24, 2.45) is 12.0 Å². The summed E-state index contributed by atoms with van der Waals surface area (Å²) in [5.74, 6) is 0.858. The van der Waals surface area contributed by atoms with E-state index in [0.717, 1.165) is 44.3 Å². The molecule has 0 spiro atoms. The minimum atomic E-state index is 0. The van der Waals surface area contributed by atoms with Gasteiger partial charge in [0.2, 0.25) is 0 Å². The summed E-state index contributed by atoms with van der Waals surface area (Å²) < 4.78 is 1.96. The average Bonchev–Trinajstić information content (AvgIpc) is 2.97. The molecular weight excluding hydrogens is 499 g/mol. The average molecular weight is 541 g/mol. The van der Waals surface area contributed by atoms with Crippen LogP contribution in [0.25, 0.3) is 0 Å². The van der Waals surface area contributed by atoms with Gasteiger partial charge in [-0.1, -0.05) is 38.1 Å². The van der Waals surface area contributed by atoms with E-state index in [-0.39, 0.29) is 30.0 Å². The Morgan fingerprint density at radius 3 is 2.23 bits per heavy atom. The highest BCUT2D eigenvalue weighted by molar-refractivity contribution is 14.0. The SMILES string of the molecule is CCNC(=NCc1ccc(CN(CC)CC)cc1)NC(C)Cc1c(C)nn(C)c1C.I. The largest absolute Gasteiger partial charge is 0.357 e. The van der Waals surface area contributed by atoms with E-state index in [1.54, 1.807) is 0 Å². The lowest BCUT2D eigenvalue weighted by molar-refractivity contribution is 0.296. The molecule has 1 heterocycles. The molecule has 0 aliphatic heterocycles. The second-order valence-corrected chi connectivity index (χ2v) is 8.00. The molecule has 0 saturated carbocycles. The zero-order chi connectivity index (χ0) is 22.1. The van der Waals surface area contributed by atoms with Gasteiger partial charge in [0.1, 0.15) is 0 Å². The minimum Gasteiger partial charge on any atom is -0.357 e. The zero-order valence-electron chi connectivity index (χ0n) is 20.3. The second-order valence-electron chi connectivity index (χ2n) is 8.00. The van der Waals surface area contributed by atoms with E-state index in [1.165, 1.54) is 22.4 Å². The standard InChI is InChI=1S/C24H40N6.HI/c1-8-25-24(27-18(4)15-23-19(5)28-29(7)20(23)6)26-16-21-11-13-22(14-12-21)17-30(9-2)10-3;/h11-14,18H,8-10,15-17H2,1-7H3,(H2,25,26,27);1H. The summed E-state index contributed by atoms with van der Waals surface area (Å²) in [4.78, 5) is 7.23. The Morgan fingerprint density at radius 2 is 1.71 bits per heavy atom. The molecule has 0 saturated heterocycles. The van der Waals surface area contributed by atoms with Crippen LogP contribution in [-0.4, -0.2) is 46.3 Å². The molecule has 2 N–H and O–H groups in total. The van der Waals surface area contributed by atoms with E-state index >= 15 is 0 Å². The van der Waals surface area contributed by atoms with Crippen LogP contribution in [0, 0.1) is 13.8 Å². The van der Waals surface area contributed by atoms with E-state index in [9.17, 15) is 0 Å². The van der Waals surface area contributed by atoms with Gasteiger partial charge in [-0.25, -0.2) is 4.99 Å². The van der Waals surface area contributed by atoms with Crippen molar-refractivity contribution in [1.82, 2.24) is 25.3 Å². The molecular formula is C24H41IN6. The highest BCUT2D eigenvalue weighted by atomic mass is 127. The summed E-state index contributed by atoms with van der Waals surface area (Å²) in [6.45, 7) is 17.6.